The number of anilines is 1. The zero-order valence-electron chi connectivity index (χ0n) is 11.3. The molecular weight excluding hydrogens is 325 g/mol. The van der Waals surface area contributed by atoms with Crippen molar-refractivity contribution in [2.75, 3.05) is 11.9 Å². The second kappa shape index (κ2) is 6.65. The molecule has 4 nitrogen and oxygen atoms in total. The molecule has 0 saturated heterocycles. The van der Waals surface area contributed by atoms with Crippen LogP contribution in [0.25, 0.3) is 0 Å². The third kappa shape index (κ3) is 3.45. The van der Waals surface area contributed by atoms with Gasteiger partial charge >= 0.3 is 0 Å². The average molecular weight is 340 g/mol. The van der Waals surface area contributed by atoms with Crippen molar-refractivity contribution >= 4 is 21.7 Å². The summed E-state index contributed by atoms with van der Waals surface area (Å²) in [5.41, 5.74) is 0.870. The first-order chi connectivity index (χ1) is 9.63. The van der Waals surface area contributed by atoms with E-state index in [9.17, 15) is 4.39 Å². The van der Waals surface area contributed by atoms with Gasteiger partial charge < -0.3 is 10.1 Å². The van der Waals surface area contributed by atoms with Gasteiger partial charge in [0.2, 0.25) is 5.88 Å². The van der Waals surface area contributed by atoms with Crippen molar-refractivity contribution in [1.29, 1.82) is 0 Å². The molecule has 1 heterocycles. The second-order valence-corrected chi connectivity index (χ2v) is 5.01. The van der Waals surface area contributed by atoms with Crippen LogP contribution in [0.15, 0.2) is 29.0 Å². The van der Waals surface area contributed by atoms with Crippen LogP contribution >= 0.6 is 15.9 Å². The Morgan fingerprint density at radius 2 is 2.05 bits per heavy atom. The first-order valence-electron chi connectivity index (χ1n) is 6.35. The van der Waals surface area contributed by atoms with Crippen LogP contribution < -0.4 is 10.1 Å². The Hall–Kier alpha value is -1.69. The molecule has 0 atom stereocenters. The van der Waals surface area contributed by atoms with E-state index >= 15 is 0 Å². The Balaban J connectivity index is 2.35. The van der Waals surface area contributed by atoms with E-state index in [1.165, 1.54) is 18.5 Å². The van der Waals surface area contributed by atoms with Gasteiger partial charge in [-0.25, -0.2) is 14.4 Å². The highest BCUT2D eigenvalue weighted by molar-refractivity contribution is 9.10. The van der Waals surface area contributed by atoms with Crippen LogP contribution in [0.2, 0.25) is 0 Å². The molecule has 2 rings (SSSR count). The fraction of sp³-hybridized carbons (Fsp3) is 0.286. The summed E-state index contributed by atoms with van der Waals surface area (Å²) in [5.74, 6) is 1.22. The van der Waals surface area contributed by atoms with Gasteiger partial charge in [-0.1, -0.05) is 22.9 Å². The van der Waals surface area contributed by atoms with Crippen molar-refractivity contribution in [1.82, 2.24) is 9.97 Å². The Labute approximate surface area is 125 Å². The topological polar surface area (TPSA) is 47.0 Å². The van der Waals surface area contributed by atoms with Crippen LogP contribution in [0.4, 0.5) is 10.2 Å². The highest BCUT2D eigenvalue weighted by atomic mass is 79.9. The van der Waals surface area contributed by atoms with E-state index in [0.717, 1.165) is 24.3 Å². The molecule has 6 heteroatoms. The summed E-state index contributed by atoms with van der Waals surface area (Å²) in [6, 6.07) is 4.38. The minimum Gasteiger partial charge on any atom is -0.438 e. The maximum atomic E-state index is 13.4. The number of ether oxygens (including phenoxy) is 1. The average Bonchev–Trinajstić information content (AvgIpc) is 2.38. The molecule has 1 aromatic carbocycles. The number of hydrogen-bond acceptors (Lipinski definition) is 4. The molecule has 106 valence electrons. The molecule has 2 aromatic rings. The summed E-state index contributed by atoms with van der Waals surface area (Å²) in [5, 5.41) is 3.16. The van der Waals surface area contributed by atoms with Crippen LogP contribution in [0.3, 0.4) is 0 Å². The maximum absolute atomic E-state index is 13.4. The molecule has 0 aliphatic rings. The predicted molar refractivity (Wildman–Crippen MR) is 79.7 cm³/mol. The van der Waals surface area contributed by atoms with E-state index in [1.807, 2.05) is 13.8 Å². The molecule has 0 unspecified atom stereocenters. The molecule has 0 saturated carbocycles. The third-order valence-corrected chi connectivity index (χ3v) is 3.11. The normalized spacial score (nSPS) is 10.4. The first-order valence-corrected chi connectivity index (χ1v) is 7.15. The van der Waals surface area contributed by atoms with E-state index in [1.54, 1.807) is 6.07 Å². The molecule has 0 spiro atoms. The number of nitrogens with one attached hydrogen (secondary N) is 1. The van der Waals surface area contributed by atoms with Gasteiger partial charge in [0.15, 0.2) is 0 Å². The van der Waals surface area contributed by atoms with Crippen molar-refractivity contribution in [3.63, 3.8) is 0 Å². The largest absolute Gasteiger partial charge is 0.438 e. The van der Waals surface area contributed by atoms with Gasteiger partial charge in [0.05, 0.1) is 5.56 Å². The molecule has 0 radical (unpaired) electrons. The molecule has 1 aromatic heterocycles. The smallest absolute Gasteiger partial charge is 0.227 e. The van der Waals surface area contributed by atoms with Gasteiger partial charge in [-0.05, 0) is 25.5 Å². The molecule has 0 aliphatic heterocycles. The van der Waals surface area contributed by atoms with E-state index in [4.69, 9.17) is 4.74 Å². The zero-order chi connectivity index (χ0) is 14.5. The SMILES string of the molecule is CCNc1ncnc(Oc2cc(F)cc(Br)c2)c1CC. The fourth-order valence-corrected chi connectivity index (χ4v) is 2.27. The van der Waals surface area contributed by atoms with E-state index < -0.39 is 0 Å². The molecule has 0 aliphatic carbocycles. The number of aromatic nitrogens is 2. The Morgan fingerprint density at radius 3 is 2.70 bits per heavy atom. The Morgan fingerprint density at radius 1 is 1.25 bits per heavy atom. The first kappa shape index (κ1) is 14.7. The van der Waals surface area contributed by atoms with Crippen LogP contribution in [0.1, 0.15) is 19.4 Å². The summed E-state index contributed by atoms with van der Waals surface area (Å²) < 4.78 is 19.7. The summed E-state index contributed by atoms with van der Waals surface area (Å²) in [6.45, 7) is 4.74. The summed E-state index contributed by atoms with van der Waals surface area (Å²) in [6.07, 6.45) is 2.15. The van der Waals surface area contributed by atoms with Crippen LogP contribution in [0, 0.1) is 5.82 Å². The number of rotatable bonds is 5. The van der Waals surface area contributed by atoms with Crippen molar-refractivity contribution in [3.8, 4) is 11.6 Å². The van der Waals surface area contributed by atoms with Crippen molar-refractivity contribution < 1.29 is 9.13 Å². The summed E-state index contributed by atoms with van der Waals surface area (Å²) in [7, 11) is 0. The van der Waals surface area contributed by atoms with Gasteiger partial charge in [0, 0.05) is 17.1 Å². The van der Waals surface area contributed by atoms with E-state index in [-0.39, 0.29) is 5.82 Å². The lowest BCUT2D eigenvalue weighted by molar-refractivity contribution is 0.450. The van der Waals surface area contributed by atoms with Crippen LogP contribution in [0.5, 0.6) is 11.6 Å². The number of nitrogens with zero attached hydrogens (tertiary/aromatic N) is 2. The second-order valence-electron chi connectivity index (χ2n) is 4.10. The van der Waals surface area contributed by atoms with Gasteiger partial charge in [-0.3, -0.25) is 0 Å². The predicted octanol–water partition coefficient (Wildman–Crippen LogP) is 4.16. The van der Waals surface area contributed by atoms with E-state index in [0.29, 0.717) is 16.1 Å². The van der Waals surface area contributed by atoms with Crippen molar-refractivity contribution in [2.45, 2.75) is 20.3 Å². The molecule has 0 amide bonds. The van der Waals surface area contributed by atoms with Crippen molar-refractivity contribution in [3.05, 3.63) is 40.4 Å². The van der Waals surface area contributed by atoms with Gasteiger partial charge in [0.25, 0.3) is 0 Å². The lowest BCUT2D eigenvalue weighted by atomic mass is 10.2. The fourth-order valence-electron chi connectivity index (χ4n) is 1.82. The molecule has 0 bridgehead atoms. The Kier molecular flexibility index (Phi) is 4.89. The highest BCUT2D eigenvalue weighted by Gasteiger charge is 2.12. The van der Waals surface area contributed by atoms with Crippen molar-refractivity contribution in [2.24, 2.45) is 0 Å². The van der Waals surface area contributed by atoms with Gasteiger partial charge in [0.1, 0.15) is 23.7 Å². The molecular formula is C14H15BrFN3O. The lowest BCUT2D eigenvalue weighted by Gasteiger charge is -2.13. The van der Waals surface area contributed by atoms with Crippen LogP contribution in [-0.4, -0.2) is 16.5 Å². The number of halogens is 2. The standard InChI is InChI=1S/C14H15BrFN3O/c1-3-12-13(17-4-2)18-8-19-14(12)20-11-6-9(15)5-10(16)7-11/h5-8H,3-4H2,1-2H3,(H,17,18,19). The summed E-state index contributed by atoms with van der Waals surface area (Å²) in [4.78, 5) is 8.33. The number of hydrogen-bond donors (Lipinski definition) is 1. The molecule has 0 fully saturated rings. The van der Waals surface area contributed by atoms with Gasteiger partial charge in [-0.2, -0.15) is 0 Å². The minimum absolute atomic E-state index is 0.367. The quantitative estimate of drug-likeness (QED) is 0.888. The minimum atomic E-state index is -0.367. The third-order valence-electron chi connectivity index (χ3n) is 2.65. The number of benzene rings is 1. The lowest BCUT2D eigenvalue weighted by Crippen LogP contribution is -2.05. The molecule has 1 N–H and O–H groups in total. The Bertz CT molecular complexity index is 587. The monoisotopic (exact) mass is 339 g/mol. The maximum Gasteiger partial charge on any atom is 0.227 e. The summed E-state index contributed by atoms with van der Waals surface area (Å²) >= 11 is 3.24. The molecule has 20 heavy (non-hydrogen) atoms. The van der Waals surface area contributed by atoms with Crippen LogP contribution in [-0.2, 0) is 6.42 Å². The van der Waals surface area contributed by atoms with Gasteiger partial charge in [-0.15, -0.1) is 0 Å². The highest BCUT2D eigenvalue weighted by Crippen LogP contribution is 2.29. The zero-order valence-corrected chi connectivity index (χ0v) is 12.9. The van der Waals surface area contributed by atoms with E-state index in [2.05, 4.69) is 31.2 Å².